The van der Waals surface area contributed by atoms with E-state index >= 15 is 0 Å². The number of rotatable bonds is 12. The summed E-state index contributed by atoms with van der Waals surface area (Å²) in [5, 5.41) is 15.5. The summed E-state index contributed by atoms with van der Waals surface area (Å²) in [5.74, 6) is 1.60. The molecule has 3 aliphatic rings. The van der Waals surface area contributed by atoms with Crippen LogP contribution in [0.3, 0.4) is 0 Å². The van der Waals surface area contributed by atoms with Crippen LogP contribution in [0.4, 0.5) is 10.5 Å². The van der Waals surface area contributed by atoms with Crippen molar-refractivity contribution in [2.45, 2.75) is 70.3 Å². The van der Waals surface area contributed by atoms with Crippen molar-refractivity contribution in [2.75, 3.05) is 38.0 Å². The topological polar surface area (TPSA) is 95.5 Å². The lowest BCUT2D eigenvalue weighted by atomic mass is 9.90. The third-order valence-electron chi connectivity index (χ3n) is 10.5. The highest BCUT2D eigenvalue weighted by Crippen LogP contribution is 2.42. The molecular formula is C42H50N4O5. The molecular weight excluding hydrogens is 640 g/mol. The Hall–Kier alpha value is -4.25. The van der Waals surface area contributed by atoms with Gasteiger partial charge in [0.15, 0.2) is 6.29 Å². The minimum Gasteiger partial charge on any atom is -0.457 e. The van der Waals surface area contributed by atoms with Gasteiger partial charge in [-0.05, 0) is 98.4 Å². The summed E-state index contributed by atoms with van der Waals surface area (Å²) in [7, 11) is 0. The van der Waals surface area contributed by atoms with Crippen LogP contribution in [0.5, 0.6) is 11.5 Å². The summed E-state index contributed by atoms with van der Waals surface area (Å²) in [4.78, 5) is 18.0. The van der Waals surface area contributed by atoms with Crippen LogP contribution in [0, 0.1) is 5.92 Å². The number of carbonyl (C=O) groups is 1. The first-order chi connectivity index (χ1) is 25.0. The second kappa shape index (κ2) is 16.8. The number of anilines is 1. The third-order valence-corrected chi connectivity index (χ3v) is 10.5. The largest absolute Gasteiger partial charge is 0.457 e. The van der Waals surface area contributed by atoms with Crippen LogP contribution in [0.15, 0.2) is 103 Å². The van der Waals surface area contributed by atoms with Gasteiger partial charge in [0.25, 0.3) is 0 Å². The van der Waals surface area contributed by atoms with Crippen molar-refractivity contribution in [3.8, 4) is 11.5 Å². The molecule has 51 heavy (non-hydrogen) atoms. The standard InChI is InChI=1S/C42H50N4O5/c1-30-39(28-46-25-7-8-36(46)27-45-23-5-6-24-45)50-41(51-40(30)33-15-13-32(29-47)14-16-33)34-17-11-31(12-18-34)26-43-42(48)44-35-19-21-38(22-20-35)49-37-9-3-2-4-10-37/h2-4,9-22,30,36,39-41,47H,5-8,23-29H2,1H3,(H2,43,44,48)/t30-,36+,39+,40+,41+/m1/s1. The molecule has 0 radical (unpaired) electrons. The van der Waals surface area contributed by atoms with Gasteiger partial charge in [0.1, 0.15) is 11.5 Å². The molecule has 3 fully saturated rings. The van der Waals surface area contributed by atoms with E-state index in [9.17, 15) is 9.90 Å². The Morgan fingerprint density at radius 1 is 0.784 bits per heavy atom. The SMILES string of the molecule is C[C@@H]1[C@H](CN2CCC[C@H]2CN2CCCC2)O[C@H](c2ccc(CNC(=O)Nc3ccc(Oc4ccccc4)cc3)cc2)O[C@@H]1c1ccc(CO)cc1. The van der Waals surface area contributed by atoms with Crippen molar-refractivity contribution in [3.05, 3.63) is 125 Å². The van der Waals surface area contributed by atoms with Crippen LogP contribution in [-0.2, 0) is 22.6 Å². The van der Waals surface area contributed by atoms with Crippen molar-refractivity contribution in [1.29, 1.82) is 0 Å². The molecule has 4 aromatic carbocycles. The molecule has 268 valence electrons. The van der Waals surface area contributed by atoms with Gasteiger partial charge in [-0.15, -0.1) is 0 Å². The number of benzene rings is 4. The van der Waals surface area contributed by atoms with E-state index in [0.717, 1.165) is 47.6 Å². The van der Waals surface area contributed by atoms with E-state index in [0.29, 0.717) is 24.0 Å². The number of urea groups is 1. The van der Waals surface area contributed by atoms with Gasteiger partial charge in [-0.25, -0.2) is 4.79 Å². The fraction of sp³-hybridized carbons (Fsp3) is 0.405. The summed E-state index contributed by atoms with van der Waals surface area (Å²) >= 11 is 0. The van der Waals surface area contributed by atoms with Crippen LogP contribution >= 0.6 is 0 Å². The number of hydrogen-bond acceptors (Lipinski definition) is 7. The molecule has 0 aliphatic carbocycles. The van der Waals surface area contributed by atoms with E-state index in [1.807, 2.05) is 91.0 Å². The zero-order valence-electron chi connectivity index (χ0n) is 29.5. The Bertz CT molecular complexity index is 1680. The Labute approximate surface area is 301 Å². The fourth-order valence-electron chi connectivity index (χ4n) is 7.55. The monoisotopic (exact) mass is 690 g/mol. The van der Waals surface area contributed by atoms with Crippen LogP contribution in [-0.4, -0.2) is 65.8 Å². The highest BCUT2D eigenvalue weighted by molar-refractivity contribution is 5.89. The molecule has 0 spiro atoms. The summed E-state index contributed by atoms with van der Waals surface area (Å²) < 4.78 is 19.4. The zero-order chi connectivity index (χ0) is 35.0. The van der Waals surface area contributed by atoms with Crippen molar-refractivity contribution < 1.29 is 24.1 Å². The Kier molecular flexibility index (Phi) is 11.6. The van der Waals surface area contributed by atoms with Crippen molar-refractivity contribution in [3.63, 3.8) is 0 Å². The van der Waals surface area contributed by atoms with Crippen molar-refractivity contribution in [2.24, 2.45) is 5.92 Å². The number of carbonyl (C=O) groups excluding carboxylic acids is 1. The third kappa shape index (κ3) is 9.16. The maximum atomic E-state index is 12.7. The molecule has 0 bridgehead atoms. The quantitative estimate of drug-likeness (QED) is 0.141. The number of likely N-dealkylation sites (tertiary alicyclic amines) is 2. The fourth-order valence-corrected chi connectivity index (χ4v) is 7.55. The lowest BCUT2D eigenvalue weighted by molar-refractivity contribution is -0.276. The predicted octanol–water partition coefficient (Wildman–Crippen LogP) is 7.64. The average molecular weight is 691 g/mol. The van der Waals surface area contributed by atoms with Gasteiger partial charge >= 0.3 is 6.03 Å². The molecule has 4 aromatic rings. The van der Waals surface area contributed by atoms with Crippen LogP contribution in [0.2, 0.25) is 0 Å². The molecule has 2 amide bonds. The van der Waals surface area contributed by atoms with Gasteiger partial charge < -0.3 is 34.9 Å². The normalized spacial score (nSPS) is 24.0. The average Bonchev–Trinajstić information content (AvgIpc) is 3.85. The van der Waals surface area contributed by atoms with Gasteiger partial charge in [-0.2, -0.15) is 0 Å². The molecule has 9 nitrogen and oxygen atoms in total. The molecule has 5 atom stereocenters. The molecule has 0 saturated carbocycles. The summed E-state index contributed by atoms with van der Waals surface area (Å²) in [5.41, 5.74) is 4.58. The lowest BCUT2D eigenvalue weighted by Gasteiger charge is -2.43. The molecule has 9 heteroatoms. The first-order valence-electron chi connectivity index (χ1n) is 18.4. The number of aliphatic hydroxyl groups excluding tert-OH is 1. The van der Waals surface area contributed by atoms with Crippen LogP contribution in [0.25, 0.3) is 0 Å². The van der Waals surface area contributed by atoms with E-state index in [-0.39, 0.29) is 30.8 Å². The molecule has 0 unspecified atom stereocenters. The number of nitrogens with one attached hydrogen (secondary N) is 2. The van der Waals surface area contributed by atoms with E-state index in [1.165, 1.54) is 38.8 Å². The first kappa shape index (κ1) is 35.2. The van der Waals surface area contributed by atoms with Crippen LogP contribution < -0.4 is 15.4 Å². The molecule has 3 aliphatic heterocycles. The van der Waals surface area contributed by atoms with Crippen molar-refractivity contribution in [1.82, 2.24) is 15.1 Å². The van der Waals surface area contributed by atoms with Gasteiger partial charge in [-0.1, -0.05) is 73.7 Å². The molecule has 3 N–H and O–H groups in total. The number of aliphatic hydroxyl groups is 1. The summed E-state index contributed by atoms with van der Waals surface area (Å²) in [6.07, 6.45) is 4.43. The highest BCUT2D eigenvalue weighted by Gasteiger charge is 2.40. The van der Waals surface area contributed by atoms with Gasteiger partial charge in [0, 0.05) is 42.8 Å². The molecule has 7 rings (SSSR count). The van der Waals surface area contributed by atoms with Gasteiger partial charge in [0.2, 0.25) is 0 Å². The minimum atomic E-state index is -0.521. The summed E-state index contributed by atoms with van der Waals surface area (Å²) in [6.45, 7) is 8.21. The van der Waals surface area contributed by atoms with Crippen molar-refractivity contribution >= 4 is 11.7 Å². The number of ether oxygens (including phenoxy) is 3. The maximum absolute atomic E-state index is 12.7. The van der Waals surface area contributed by atoms with E-state index in [1.54, 1.807) is 0 Å². The highest BCUT2D eigenvalue weighted by atomic mass is 16.7. The Morgan fingerprint density at radius 3 is 2.20 bits per heavy atom. The molecule has 0 aromatic heterocycles. The second-order valence-electron chi connectivity index (χ2n) is 14.1. The lowest BCUT2D eigenvalue weighted by Crippen LogP contribution is -2.48. The smallest absolute Gasteiger partial charge is 0.319 e. The van der Waals surface area contributed by atoms with E-state index < -0.39 is 6.29 Å². The predicted molar refractivity (Wildman–Crippen MR) is 198 cm³/mol. The second-order valence-corrected chi connectivity index (χ2v) is 14.1. The summed E-state index contributed by atoms with van der Waals surface area (Å²) in [6, 6.07) is 33.4. The Balaban J connectivity index is 0.975. The van der Waals surface area contributed by atoms with E-state index in [2.05, 4.69) is 39.5 Å². The number of amides is 2. The molecule has 3 heterocycles. The van der Waals surface area contributed by atoms with Gasteiger partial charge in [-0.3, -0.25) is 4.90 Å². The molecule has 3 saturated heterocycles. The minimum absolute atomic E-state index is 0.00514. The number of hydrogen-bond donors (Lipinski definition) is 3. The van der Waals surface area contributed by atoms with Gasteiger partial charge in [0.05, 0.1) is 18.8 Å². The Morgan fingerprint density at radius 2 is 1.47 bits per heavy atom. The zero-order valence-corrected chi connectivity index (χ0v) is 29.5. The van der Waals surface area contributed by atoms with Crippen LogP contribution in [0.1, 0.15) is 67.3 Å². The maximum Gasteiger partial charge on any atom is 0.319 e. The number of nitrogens with zero attached hydrogens (tertiary/aromatic N) is 2. The van der Waals surface area contributed by atoms with E-state index in [4.69, 9.17) is 14.2 Å². The number of para-hydroxylation sites is 1. The first-order valence-corrected chi connectivity index (χ1v) is 18.4.